The summed E-state index contributed by atoms with van der Waals surface area (Å²) in [7, 11) is 0. The number of halogens is 1. The van der Waals surface area contributed by atoms with Gasteiger partial charge in [-0.05, 0) is 23.5 Å². The summed E-state index contributed by atoms with van der Waals surface area (Å²) in [6, 6.07) is 6.84. The summed E-state index contributed by atoms with van der Waals surface area (Å²) in [5, 5.41) is 12.2. The summed E-state index contributed by atoms with van der Waals surface area (Å²) >= 11 is 6.04. The highest BCUT2D eigenvalue weighted by atomic mass is 35.5. The van der Waals surface area contributed by atoms with Crippen LogP contribution in [-0.4, -0.2) is 28.8 Å². The molecule has 0 radical (unpaired) electrons. The largest absolute Gasteiger partial charge is 0.358 e. The average Bonchev–Trinajstić information content (AvgIpc) is 3.21. The fourth-order valence-corrected chi connectivity index (χ4v) is 3.17. The monoisotopic (exact) mass is 370 g/mol. The van der Waals surface area contributed by atoms with Crippen molar-refractivity contribution >= 4 is 34.2 Å². The lowest BCUT2D eigenvalue weighted by atomic mass is 10.1. The highest BCUT2D eigenvalue weighted by Gasteiger charge is 2.27. The highest BCUT2D eigenvalue weighted by molar-refractivity contribution is 6.30. The summed E-state index contributed by atoms with van der Waals surface area (Å²) in [6.07, 6.45) is 5.18. The number of imidazole rings is 2. The SMILES string of the molecule is CCCCn1cnc2c1ncn1c([N+](=O)[O-])c(-c3cccc(Cl)c3)nc21. The van der Waals surface area contributed by atoms with Crippen molar-refractivity contribution in [3.8, 4) is 11.3 Å². The first kappa shape index (κ1) is 16.5. The molecule has 3 aromatic heterocycles. The van der Waals surface area contributed by atoms with Crippen LogP contribution < -0.4 is 0 Å². The highest BCUT2D eigenvalue weighted by Crippen LogP contribution is 2.33. The maximum atomic E-state index is 11.7. The van der Waals surface area contributed by atoms with E-state index in [0.717, 1.165) is 19.4 Å². The van der Waals surface area contributed by atoms with Crippen LogP contribution in [0.2, 0.25) is 5.02 Å². The van der Waals surface area contributed by atoms with E-state index >= 15 is 0 Å². The van der Waals surface area contributed by atoms with Crippen LogP contribution in [0.3, 0.4) is 0 Å². The zero-order chi connectivity index (χ0) is 18.3. The van der Waals surface area contributed by atoms with Crippen LogP contribution in [0.15, 0.2) is 36.9 Å². The molecule has 3 heterocycles. The number of unbranched alkanes of at least 4 members (excludes halogenated alkanes) is 1. The molecule has 4 rings (SSSR count). The van der Waals surface area contributed by atoms with Crippen molar-refractivity contribution in [2.75, 3.05) is 0 Å². The normalized spacial score (nSPS) is 11.5. The Morgan fingerprint density at radius 1 is 1.23 bits per heavy atom. The van der Waals surface area contributed by atoms with Gasteiger partial charge in [0.1, 0.15) is 0 Å². The van der Waals surface area contributed by atoms with Gasteiger partial charge in [-0.15, -0.1) is 0 Å². The first-order valence-corrected chi connectivity index (χ1v) is 8.60. The molecule has 4 aromatic rings. The number of fused-ring (bicyclic) bond motifs is 3. The molecule has 0 aliphatic rings. The van der Waals surface area contributed by atoms with Crippen LogP contribution in [0.25, 0.3) is 28.1 Å². The summed E-state index contributed by atoms with van der Waals surface area (Å²) < 4.78 is 3.31. The molecule has 0 atom stereocenters. The molecule has 0 bridgehead atoms. The Balaban J connectivity index is 1.98. The Morgan fingerprint density at radius 2 is 2.08 bits per heavy atom. The summed E-state index contributed by atoms with van der Waals surface area (Å²) in [4.78, 5) is 24.5. The molecular formula is C17H15ClN6O2. The predicted molar refractivity (Wildman–Crippen MR) is 98.3 cm³/mol. The Morgan fingerprint density at radius 3 is 2.81 bits per heavy atom. The second kappa shape index (κ2) is 6.38. The molecule has 132 valence electrons. The van der Waals surface area contributed by atoms with Crippen molar-refractivity contribution in [2.45, 2.75) is 26.3 Å². The van der Waals surface area contributed by atoms with Gasteiger partial charge in [0.2, 0.25) is 0 Å². The third kappa shape index (κ3) is 2.59. The van der Waals surface area contributed by atoms with Crippen molar-refractivity contribution < 1.29 is 4.92 Å². The number of hydrogen-bond donors (Lipinski definition) is 0. The second-order valence-electron chi connectivity index (χ2n) is 5.95. The Bertz CT molecular complexity index is 1130. The number of aromatic nitrogens is 5. The lowest BCUT2D eigenvalue weighted by molar-refractivity contribution is -0.389. The van der Waals surface area contributed by atoms with Crippen molar-refractivity contribution in [1.29, 1.82) is 0 Å². The van der Waals surface area contributed by atoms with Crippen LogP contribution in [0, 0.1) is 10.1 Å². The van der Waals surface area contributed by atoms with E-state index in [1.807, 2.05) is 4.57 Å². The quantitative estimate of drug-likeness (QED) is 0.389. The Hall–Kier alpha value is -3.00. The molecule has 0 saturated heterocycles. The van der Waals surface area contributed by atoms with Crippen LogP contribution in [-0.2, 0) is 6.54 Å². The minimum absolute atomic E-state index is 0.153. The minimum atomic E-state index is -0.460. The summed E-state index contributed by atoms with van der Waals surface area (Å²) in [6.45, 7) is 2.90. The second-order valence-corrected chi connectivity index (χ2v) is 6.39. The lowest BCUT2D eigenvalue weighted by Crippen LogP contribution is -2.00. The zero-order valence-electron chi connectivity index (χ0n) is 14.0. The summed E-state index contributed by atoms with van der Waals surface area (Å²) in [5.74, 6) is -0.153. The van der Waals surface area contributed by atoms with Crippen LogP contribution in [0.4, 0.5) is 5.82 Å². The number of rotatable bonds is 5. The molecule has 9 heteroatoms. The molecule has 0 fully saturated rings. The maximum absolute atomic E-state index is 11.7. The van der Waals surface area contributed by atoms with Gasteiger partial charge in [0.15, 0.2) is 23.2 Å². The van der Waals surface area contributed by atoms with Gasteiger partial charge in [0.25, 0.3) is 5.65 Å². The Labute approximate surface area is 153 Å². The molecular weight excluding hydrogens is 356 g/mol. The van der Waals surface area contributed by atoms with Gasteiger partial charge in [-0.3, -0.25) is 0 Å². The van der Waals surface area contributed by atoms with E-state index in [0.29, 0.717) is 27.4 Å². The average molecular weight is 371 g/mol. The molecule has 0 aliphatic carbocycles. The van der Waals surface area contributed by atoms with Gasteiger partial charge < -0.3 is 14.7 Å². The maximum Gasteiger partial charge on any atom is 0.357 e. The predicted octanol–water partition coefficient (Wildman–Crippen LogP) is 4.11. The van der Waals surface area contributed by atoms with Gasteiger partial charge >= 0.3 is 5.82 Å². The van der Waals surface area contributed by atoms with Crippen molar-refractivity contribution in [1.82, 2.24) is 23.9 Å². The molecule has 0 unspecified atom stereocenters. The smallest absolute Gasteiger partial charge is 0.357 e. The molecule has 0 spiro atoms. The standard InChI is InChI=1S/C17H15ClN6O2/c1-2-3-7-22-9-19-14-15(22)20-10-23-16(14)21-13(17(23)24(25)26)11-5-4-6-12(18)8-11/h4-6,8-10H,2-3,7H2,1H3. The van der Waals surface area contributed by atoms with E-state index in [1.165, 1.54) is 10.7 Å². The fourth-order valence-electron chi connectivity index (χ4n) is 2.98. The van der Waals surface area contributed by atoms with Gasteiger partial charge in [0, 0.05) is 17.1 Å². The van der Waals surface area contributed by atoms with E-state index in [4.69, 9.17) is 11.6 Å². The number of nitro groups is 1. The lowest BCUT2D eigenvalue weighted by Gasteiger charge is -2.01. The summed E-state index contributed by atoms with van der Waals surface area (Å²) in [5.41, 5.74) is 2.44. The van der Waals surface area contributed by atoms with E-state index in [9.17, 15) is 10.1 Å². The van der Waals surface area contributed by atoms with E-state index in [-0.39, 0.29) is 11.5 Å². The van der Waals surface area contributed by atoms with E-state index < -0.39 is 4.92 Å². The number of benzene rings is 1. The van der Waals surface area contributed by atoms with Crippen molar-refractivity contribution in [3.63, 3.8) is 0 Å². The molecule has 0 amide bonds. The Kier molecular flexibility index (Phi) is 4.04. The molecule has 26 heavy (non-hydrogen) atoms. The van der Waals surface area contributed by atoms with Crippen molar-refractivity contribution in [2.24, 2.45) is 0 Å². The molecule has 8 nitrogen and oxygen atoms in total. The van der Waals surface area contributed by atoms with E-state index in [1.54, 1.807) is 30.6 Å². The first-order chi connectivity index (χ1) is 12.6. The fraction of sp³-hybridized carbons (Fsp3) is 0.235. The van der Waals surface area contributed by atoms with Crippen molar-refractivity contribution in [3.05, 3.63) is 52.1 Å². The van der Waals surface area contributed by atoms with Crippen LogP contribution >= 0.6 is 11.6 Å². The third-order valence-electron chi connectivity index (χ3n) is 4.23. The van der Waals surface area contributed by atoms with E-state index in [2.05, 4.69) is 21.9 Å². The van der Waals surface area contributed by atoms with Crippen LogP contribution in [0.5, 0.6) is 0 Å². The molecule has 0 aliphatic heterocycles. The minimum Gasteiger partial charge on any atom is -0.358 e. The first-order valence-electron chi connectivity index (χ1n) is 8.22. The van der Waals surface area contributed by atoms with Gasteiger partial charge in [-0.25, -0.2) is 4.98 Å². The number of aryl methyl sites for hydroxylation is 1. The van der Waals surface area contributed by atoms with Gasteiger partial charge in [-0.1, -0.05) is 37.1 Å². The van der Waals surface area contributed by atoms with Gasteiger partial charge in [0.05, 0.1) is 6.33 Å². The van der Waals surface area contributed by atoms with Gasteiger partial charge in [-0.2, -0.15) is 14.4 Å². The number of hydrogen-bond acceptors (Lipinski definition) is 5. The topological polar surface area (TPSA) is 91.2 Å². The third-order valence-corrected chi connectivity index (χ3v) is 4.46. The molecule has 0 saturated carbocycles. The van der Waals surface area contributed by atoms with Crippen LogP contribution in [0.1, 0.15) is 19.8 Å². The zero-order valence-corrected chi connectivity index (χ0v) is 14.7. The molecule has 1 aromatic carbocycles. The molecule has 0 N–H and O–H groups in total. The number of nitrogens with zero attached hydrogens (tertiary/aromatic N) is 6.